The minimum Gasteiger partial charge on any atom is -0.348 e. The maximum Gasteiger partial charge on any atom is 0.270 e. The van der Waals surface area contributed by atoms with Crippen LogP contribution in [0.25, 0.3) is 10.2 Å². The Bertz CT molecular complexity index is 638. The van der Waals surface area contributed by atoms with Crippen LogP contribution in [0.4, 0.5) is 0 Å². The highest BCUT2D eigenvalue weighted by molar-refractivity contribution is 7.16. The molecule has 2 N–H and O–H groups in total. The van der Waals surface area contributed by atoms with E-state index in [1.165, 1.54) is 6.42 Å². The maximum atomic E-state index is 12.3. The molecular formula is C14H15N3OS. The van der Waals surface area contributed by atoms with E-state index in [2.05, 4.69) is 15.6 Å². The van der Waals surface area contributed by atoms with Crippen molar-refractivity contribution >= 4 is 27.5 Å². The highest BCUT2D eigenvalue weighted by atomic mass is 32.1. The van der Waals surface area contributed by atoms with Crippen LogP contribution in [0.3, 0.4) is 0 Å². The van der Waals surface area contributed by atoms with Gasteiger partial charge in [-0.2, -0.15) is 0 Å². The molecule has 1 aliphatic heterocycles. The first-order valence-corrected chi connectivity index (χ1v) is 7.56. The summed E-state index contributed by atoms with van der Waals surface area (Å²) in [6.07, 6.45) is 2.25. The maximum absolute atomic E-state index is 12.3. The zero-order valence-corrected chi connectivity index (χ0v) is 11.2. The summed E-state index contributed by atoms with van der Waals surface area (Å²) in [4.78, 5) is 17.6. The Kier molecular flexibility index (Phi) is 2.56. The molecule has 19 heavy (non-hydrogen) atoms. The van der Waals surface area contributed by atoms with E-state index in [1.54, 1.807) is 11.3 Å². The van der Waals surface area contributed by atoms with Crippen molar-refractivity contribution in [2.75, 3.05) is 6.54 Å². The fraction of sp³-hybridized carbons (Fsp3) is 0.429. The molecule has 3 heterocycles. The highest BCUT2D eigenvalue weighted by Gasteiger charge is 2.40. The lowest BCUT2D eigenvalue weighted by Gasteiger charge is -2.23. The van der Waals surface area contributed by atoms with E-state index in [1.807, 2.05) is 23.6 Å². The Labute approximate surface area is 115 Å². The number of piperidine rings is 1. The molecular weight excluding hydrogens is 258 g/mol. The van der Waals surface area contributed by atoms with Crippen molar-refractivity contribution in [1.29, 1.82) is 0 Å². The van der Waals surface area contributed by atoms with Gasteiger partial charge in [-0.05, 0) is 42.3 Å². The van der Waals surface area contributed by atoms with Gasteiger partial charge in [0.2, 0.25) is 0 Å². The second-order valence-electron chi connectivity index (χ2n) is 5.43. The van der Waals surface area contributed by atoms with E-state index in [0.29, 0.717) is 23.7 Å². The third kappa shape index (κ3) is 1.93. The Morgan fingerprint density at radius 3 is 3.11 bits per heavy atom. The smallest absolute Gasteiger partial charge is 0.270 e. The zero-order chi connectivity index (χ0) is 12.8. The fourth-order valence-electron chi connectivity index (χ4n) is 3.23. The second kappa shape index (κ2) is 4.28. The van der Waals surface area contributed by atoms with Crippen LogP contribution in [0.2, 0.25) is 0 Å². The number of pyridine rings is 1. The molecule has 3 unspecified atom stereocenters. The van der Waals surface area contributed by atoms with Gasteiger partial charge in [0.1, 0.15) is 10.5 Å². The van der Waals surface area contributed by atoms with E-state index >= 15 is 0 Å². The van der Waals surface area contributed by atoms with Gasteiger partial charge in [0.25, 0.3) is 5.91 Å². The van der Waals surface area contributed by atoms with Crippen LogP contribution in [0, 0.1) is 5.92 Å². The number of carbonyl (C=O) groups excluding carboxylic acids is 1. The summed E-state index contributed by atoms with van der Waals surface area (Å²) in [6, 6.07) is 6.73. The van der Waals surface area contributed by atoms with Crippen LogP contribution in [-0.2, 0) is 0 Å². The minimum absolute atomic E-state index is 0.0344. The van der Waals surface area contributed by atoms with Gasteiger partial charge in [-0.1, -0.05) is 0 Å². The molecule has 2 aromatic rings. The molecule has 0 radical (unpaired) electrons. The molecule has 3 atom stereocenters. The SMILES string of the molecule is O=C(NC1CC2CC1CN2)c1ccc2ccsc2n1. The first kappa shape index (κ1) is 11.4. The van der Waals surface area contributed by atoms with Crippen LogP contribution in [0.5, 0.6) is 0 Å². The summed E-state index contributed by atoms with van der Waals surface area (Å²) >= 11 is 1.57. The van der Waals surface area contributed by atoms with Gasteiger partial charge in [-0.15, -0.1) is 11.3 Å². The Hall–Kier alpha value is -1.46. The lowest BCUT2D eigenvalue weighted by molar-refractivity contribution is 0.0920. The van der Waals surface area contributed by atoms with Crippen molar-refractivity contribution in [2.24, 2.45) is 5.92 Å². The molecule has 0 aromatic carbocycles. The van der Waals surface area contributed by atoms with E-state index in [4.69, 9.17) is 0 Å². The molecule has 2 aromatic heterocycles. The number of rotatable bonds is 2. The second-order valence-corrected chi connectivity index (χ2v) is 6.32. The molecule has 0 spiro atoms. The quantitative estimate of drug-likeness (QED) is 0.877. The number of hydrogen-bond donors (Lipinski definition) is 2. The predicted molar refractivity (Wildman–Crippen MR) is 75.4 cm³/mol. The number of fused-ring (bicyclic) bond motifs is 3. The molecule has 1 saturated heterocycles. The van der Waals surface area contributed by atoms with E-state index in [-0.39, 0.29) is 5.91 Å². The average molecular weight is 273 g/mol. The molecule has 5 heteroatoms. The largest absolute Gasteiger partial charge is 0.348 e. The summed E-state index contributed by atoms with van der Waals surface area (Å²) in [5.74, 6) is 0.562. The topological polar surface area (TPSA) is 54.0 Å². The number of amides is 1. The van der Waals surface area contributed by atoms with Crippen molar-refractivity contribution in [3.63, 3.8) is 0 Å². The van der Waals surface area contributed by atoms with Gasteiger partial charge in [0, 0.05) is 24.0 Å². The molecule has 4 rings (SSSR count). The van der Waals surface area contributed by atoms with Crippen LogP contribution in [-0.4, -0.2) is 29.5 Å². The van der Waals surface area contributed by atoms with Gasteiger partial charge in [0.05, 0.1) is 0 Å². The lowest BCUT2D eigenvalue weighted by Crippen LogP contribution is -2.44. The number of hydrogen-bond acceptors (Lipinski definition) is 4. The molecule has 2 bridgehead atoms. The Balaban J connectivity index is 1.53. The van der Waals surface area contributed by atoms with Crippen molar-refractivity contribution < 1.29 is 4.79 Å². The summed E-state index contributed by atoms with van der Waals surface area (Å²) in [5, 5.41) is 9.70. The van der Waals surface area contributed by atoms with Crippen molar-refractivity contribution in [1.82, 2.24) is 15.6 Å². The molecule has 1 saturated carbocycles. The molecule has 98 valence electrons. The molecule has 2 aliphatic rings. The van der Waals surface area contributed by atoms with Gasteiger partial charge in [0.15, 0.2) is 0 Å². The van der Waals surface area contributed by atoms with E-state index in [0.717, 1.165) is 23.2 Å². The third-order valence-electron chi connectivity index (χ3n) is 4.23. The van der Waals surface area contributed by atoms with Gasteiger partial charge < -0.3 is 10.6 Å². The highest BCUT2D eigenvalue weighted by Crippen LogP contribution is 2.31. The van der Waals surface area contributed by atoms with Crippen molar-refractivity contribution in [3.05, 3.63) is 29.3 Å². The monoisotopic (exact) mass is 273 g/mol. The molecule has 1 amide bonds. The van der Waals surface area contributed by atoms with E-state index in [9.17, 15) is 4.79 Å². The number of nitrogens with one attached hydrogen (secondary N) is 2. The van der Waals surface area contributed by atoms with Crippen LogP contribution in [0.1, 0.15) is 23.3 Å². The minimum atomic E-state index is -0.0344. The van der Waals surface area contributed by atoms with Crippen LogP contribution < -0.4 is 10.6 Å². The summed E-state index contributed by atoms with van der Waals surface area (Å²) in [5.41, 5.74) is 0.533. The molecule has 2 fully saturated rings. The van der Waals surface area contributed by atoms with Gasteiger partial charge in [-0.3, -0.25) is 4.79 Å². The lowest BCUT2D eigenvalue weighted by atomic mass is 10.0. The normalized spacial score (nSPS) is 28.9. The standard InChI is InChI=1S/C14H15N3OS/c18-13(16-12-6-10-5-9(12)7-15-10)11-2-1-8-3-4-19-14(8)17-11/h1-4,9-10,12,15H,5-7H2,(H,16,18). The zero-order valence-electron chi connectivity index (χ0n) is 10.4. The van der Waals surface area contributed by atoms with E-state index < -0.39 is 0 Å². The van der Waals surface area contributed by atoms with Gasteiger partial charge in [-0.25, -0.2) is 4.98 Å². The average Bonchev–Trinajstić information content (AvgIpc) is 3.13. The number of thiophene rings is 1. The third-order valence-corrected chi connectivity index (χ3v) is 5.05. The molecule has 4 nitrogen and oxygen atoms in total. The Morgan fingerprint density at radius 1 is 1.37 bits per heavy atom. The summed E-state index contributed by atoms with van der Waals surface area (Å²) in [7, 11) is 0. The summed E-state index contributed by atoms with van der Waals surface area (Å²) < 4.78 is 0. The van der Waals surface area contributed by atoms with Gasteiger partial charge >= 0.3 is 0 Å². The predicted octanol–water partition coefficient (Wildman–Crippen LogP) is 1.78. The van der Waals surface area contributed by atoms with Crippen molar-refractivity contribution in [3.8, 4) is 0 Å². The first-order valence-electron chi connectivity index (χ1n) is 6.68. The Morgan fingerprint density at radius 2 is 2.32 bits per heavy atom. The number of nitrogens with zero attached hydrogens (tertiary/aromatic N) is 1. The number of carbonyl (C=O) groups is 1. The molecule has 1 aliphatic carbocycles. The van der Waals surface area contributed by atoms with Crippen LogP contribution in [0.15, 0.2) is 23.6 Å². The summed E-state index contributed by atoms with van der Waals surface area (Å²) in [6.45, 7) is 1.03. The first-order chi connectivity index (χ1) is 9.29. The number of aromatic nitrogens is 1. The van der Waals surface area contributed by atoms with Crippen molar-refractivity contribution in [2.45, 2.75) is 24.9 Å². The van der Waals surface area contributed by atoms with Crippen LogP contribution >= 0.6 is 11.3 Å². The fourth-order valence-corrected chi connectivity index (χ4v) is 3.99.